The zero-order valence-electron chi connectivity index (χ0n) is 10.0. The molecule has 1 N–H and O–H groups in total. The molecule has 0 aliphatic heterocycles. The maximum Gasteiger partial charge on any atom is 0.117 e. The molecule has 0 fully saturated rings. The zero-order chi connectivity index (χ0) is 12.3. The second kappa shape index (κ2) is 4.83. The van der Waals surface area contributed by atoms with E-state index in [0.29, 0.717) is 5.71 Å². The van der Waals surface area contributed by atoms with Gasteiger partial charge in [0.1, 0.15) is 5.71 Å². The SMILES string of the molecule is Cc1ccc(C(=NO)c2ccccc2)c(C)c1. The van der Waals surface area contributed by atoms with Gasteiger partial charge in [-0.25, -0.2) is 0 Å². The minimum atomic E-state index is 0.614. The van der Waals surface area contributed by atoms with Crippen LogP contribution in [-0.4, -0.2) is 10.9 Å². The first kappa shape index (κ1) is 11.4. The molecule has 0 saturated carbocycles. The average Bonchev–Trinajstić information content (AvgIpc) is 2.34. The summed E-state index contributed by atoms with van der Waals surface area (Å²) in [4.78, 5) is 0. The van der Waals surface area contributed by atoms with E-state index in [9.17, 15) is 5.21 Å². The molecule has 2 heteroatoms. The summed E-state index contributed by atoms with van der Waals surface area (Å²) in [7, 11) is 0. The number of hydrogen-bond donors (Lipinski definition) is 1. The van der Waals surface area contributed by atoms with Gasteiger partial charge in [0, 0.05) is 11.1 Å². The van der Waals surface area contributed by atoms with Crippen molar-refractivity contribution in [3.05, 3.63) is 70.8 Å². The van der Waals surface area contributed by atoms with Crippen LogP contribution in [0.15, 0.2) is 53.7 Å². The number of nitrogens with zero attached hydrogens (tertiary/aromatic N) is 1. The molecular formula is C15H15NO. The Morgan fingerprint density at radius 2 is 1.71 bits per heavy atom. The topological polar surface area (TPSA) is 32.6 Å². The molecule has 0 bridgehead atoms. The smallest absolute Gasteiger partial charge is 0.117 e. The van der Waals surface area contributed by atoms with Crippen molar-refractivity contribution in [2.24, 2.45) is 5.16 Å². The quantitative estimate of drug-likeness (QED) is 0.473. The summed E-state index contributed by atoms with van der Waals surface area (Å²) in [6.07, 6.45) is 0. The lowest BCUT2D eigenvalue weighted by molar-refractivity contribution is 0.319. The summed E-state index contributed by atoms with van der Waals surface area (Å²) < 4.78 is 0. The highest BCUT2D eigenvalue weighted by Gasteiger charge is 2.09. The van der Waals surface area contributed by atoms with E-state index in [0.717, 1.165) is 16.7 Å². The Bertz CT molecular complexity index is 544. The third kappa shape index (κ3) is 2.36. The molecule has 0 atom stereocenters. The predicted molar refractivity (Wildman–Crippen MR) is 69.8 cm³/mol. The Kier molecular flexibility index (Phi) is 3.24. The van der Waals surface area contributed by atoms with Gasteiger partial charge in [-0.3, -0.25) is 0 Å². The third-order valence-electron chi connectivity index (χ3n) is 2.78. The summed E-state index contributed by atoms with van der Waals surface area (Å²) >= 11 is 0. The summed E-state index contributed by atoms with van der Waals surface area (Å²) in [5.41, 5.74) is 4.81. The van der Waals surface area contributed by atoms with Crippen molar-refractivity contribution in [2.75, 3.05) is 0 Å². The Labute approximate surface area is 101 Å². The second-order valence-corrected chi connectivity index (χ2v) is 4.13. The predicted octanol–water partition coefficient (Wildman–Crippen LogP) is 3.53. The fraction of sp³-hybridized carbons (Fsp3) is 0.133. The lowest BCUT2D eigenvalue weighted by atomic mass is 9.97. The van der Waals surface area contributed by atoms with E-state index in [-0.39, 0.29) is 0 Å². The molecule has 0 aliphatic rings. The lowest BCUT2D eigenvalue weighted by Gasteiger charge is -2.09. The van der Waals surface area contributed by atoms with Gasteiger partial charge in [-0.05, 0) is 19.4 Å². The molecular weight excluding hydrogens is 210 g/mol. The van der Waals surface area contributed by atoms with E-state index < -0.39 is 0 Å². The van der Waals surface area contributed by atoms with Crippen molar-refractivity contribution in [3.63, 3.8) is 0 Å². The maximum atomic E-state index is 9.21. The maximum absolute atomic E-state index is 9.21. The van der Waals surface area contributed by atoms with E-state index in [1.807, 2.05) is 49.4 Å². The van der Waals surface area contributed by atoms with Crippen LogP contribution in [0.25, 0.3) is 0 Å². The normalized spacial score (nSPS) is 11.5. The average molecular weight is 225 g/mol. The monoisotopic (exact) mass is 225 g/mol. The fourth-order valence-corrected chi connectivity index (χ4v) is 1.94. The minimum Gasteiger partial charge on any atom is -0.410 e. The van der Waals surface area contributed by atoms with Crippen LogP contribution >= 0.6 is 0 Å². The van der Waals surface area contributed by atoms with Gasteiger partial charge in [0.05, 0.1) is 0 Å². The molecule has 0 heterocycles. The van der Waals surface area contributed by atoms with Crippen molar-refractivity contribution in [1.29, 1.82) is 0 Å². The van der Waals surface area contributed by atoms with E-state index in [1.165, 1.54) is 5.56 Å². The van der Waals surface area contributed by atoms with Crippen molar-refractivity contribution in [2.45, 2.75) is 13.8 Å². The number of benzene rings is 2. The van der Waals surface area contributed by atoms with Crippen LogP contribution in [0.2, 0.25) is 0 Å². The molecule has 17 heavy (non-hydrogen) atoms. The van der Waals surface area contributed by atoms with Gasteiger partial charge in [0.2, 0.25) is 0 Å². The van der Waals surface area contributed by atoms with Crippen LogP contribution in [0.1, 0.15) is 22.3 Å². The van der Waals surface area contributed by atoms with Gasteiger partial charge in [-0.2, -0.15) is 0 Å². The molecule has 86 valence electrons. The van der Waals surface area contributed by atoms with Crippen LogP contribution in [0.5, 0.6) is 0 Å². The van der Waals surface area contributed by atoms with Crippen LogP contribution in [0, 0.1) is 13.8 Å². The Hall–Kier alpha value is -2.09. The number of hydrogen-bond acceptors (Lipinski definition) is 2. The largest absolute Gasteiger partial charge is 0.410 e. The Morgan fingerprint density at radius 1 is 1.00 bits per heavy atom. The first-order valence-electron chi connectivity index (χ1n) is 5.57. The van der Waals surface area contributed by atoms with Gasteiger partial charge in [-0.1, -0.05) is 59.3 Å². The van der Waals surface area contributed by atoms with E-state index in [2.05, 4.69) is 18.1 Å². The Balaban J connectivity index is 2.51. The van der Waals surface area contributed by atoms with Gasteiger partial charge >= 0.3 is 0 Å². The van der Waals surface area contributed by atoms with E-state index in [4.69, 9.17) is 0 Å². The van der Waals surface area contributed by atoms with Crippen molar-refractivity contribution >= 4 is 5.71 Å². The van der Waals surface area contributed by atoms with Gasteiger partial charge in [0.15, 0.2) is 0 Å². The number of oxime groups is 1. The zero-order valence-corrected chi connectivity index (χ0v) is 10.0. The van der Waals surface area contributed by atoms with Crippen LogP contribution < -0.4 is 0 Å². The highest BCUT2D eigenvalue weighted by Crippen LogP contribution is 2.16. The van der Waals surface area contributed by atoms with Gasteiger partial charge in [0.25, 0.3) is 0 Å². The van der Waals surface area contributed by atoms with Crippen molar-refractivity contribution in [1.82, 2.24) is 0 Å². The molecule has 2 rings (SSSR count). The molecule has 0 aliphatic carbocycles. The molecule has 0 spiro atoms. The molecule has 0 radical (unpaired) electrons. The fourth-order valence-electron chi connectivity index (χ4n) is 1.94. The van der Waals surface area contributed by atoms with Crippen molar-refractivity contribution in [3.8, 4) is 0 Å². The lowest BCUT2D eigenvalue weighted by Crippen LogP contribution is -2.05. The summed E-state index contributed by atoms with van der Waals surface area (Å²) in [6.45, 7) is 4.07. The standard InChI is InChI=1S/C15H15NO/c1-11-8-9-14(12(2)10-11)15(16-17)13-6-4-3-5-7-13/h3-10,17H,1-2H3. The number of aryl methyl sites for hydroxylation is 2. The highest BCUT2D eigenvalue weighted by atomic mass is 16.4. The summed E-state index contributed by atoms with van der Waals surface area (Å²) in [5.74, 6) is 0. The number of rotatable bonds is 2. The van der Waals surface area contributed by atoms with Crippen LogP contribution in [-0.2, 0) is 0 Å². The molecule has 2 nitrogen and oxygen atoms in total. The van der Waals surface area contributed by atoms with E-state index in [1.54, 1.807) is 0 Å². The van der Waals surface area contributed by atoms with Crippen molar-refractivity contribution < 1.29 is 5.21 Å². The molecule has 0 amide bonds. The second-order valence-electron chi connectivity index (χ2n) is 4.13. The molecule has 0 unspecified atom stereocenters. The molecule has 0 saturated heterocycles. The van der Waals surface area contributed by atoms with Crippen LogP contribution in [0.4, 0.5) is 0 Å². The summed E-state index contributed by atoms with van der Waals surface area (Å²) in [5, 5.41) is 12.7. The minimum absolute atomic E-state index is 0.614. The third-order valence-corrected chi connectivity index (χ3v) is 2.78. The van der Waals surface area contributed by atoms with E-state index >= 15 is 0 Å². The summed E-state index contributed by atoms with van der Waals surface area (Å²) in [6, 6.07) is 15.8. The molecule has 2 aromatic rings. The first-order chi connectivity index (χ1) is 8.22. The molecule has 0 aromatic heterocycles. The van der Waals surface area contributed by atoms with Crippen LogP contribution in [0.3, 0.4) is 0 Å². The first-order valence-corrected chi connectivity index (χ1v) is 5.57. The van der Waals surface area contributed by atoms with Gasteiger partial charge < -0.3 is 5.21 Å². The molecule has 2 aromatic carbocycles. The highest BCUT2D eigenvalue weighted by molar-refractivity contribution is 6.13. The van der Waals surface area contributed by atoms with Gasteiger partial charge in [-0.15, -0.1) is 0 Å². The Morgan fingerprint density at radius 3 is 2.29 bits per heavy atom.